The molecule has 0 fully saturated rings. The fourth-order valence-corrected chi connectivity index (χ4v) is 3.37. The maximum absolute atomic E-state index is 12.7. The van der Waals surface area contributed by atoms with Gasteiger partial charge in [-0.2, -0.15) is 0 Å². The summed E-state index contributed by atoms with van der Waals surface area (Å²) >= 11 is 1.65. The molecule has 0 spiro atoms. The summed E-state index contributed by atoms with van der Waals surface area (Å²) in [6.45, 7) is 2.68. The molecule has 6 nitrogen and oxygen atoms in total. The van der Waals surface area contributed by atoms with Crippen molar-refractivity contribution in [3.05, 3.63) is 76.0 Å². The molecule has 0 aliphatic heterocycles. The summed E-state index contributed by atoms with van der Waals surface area (Å²) < 4.78 is 10.4. The Labute approximate surface area is 173 Å². The highest BCUT2D eigenvalue weighted by atomic mass is 32.1. The number of carbonyl (C=O) groups excluding carboxylic acids is 2. The normalized spacial score (nSPS) is 10.3. The van der Waals surface area contributed by atoms with Crippen molar-refractivity contribution < 1.29 is 19.1 Å². The van der Waals surface area contributed by atoms with Gasteiger partial charge in [0.25, 0.3) is 5.91 Å². The van der Waals surface area contributed by atoms with Crippen LogP contribution in [0.5, 0.6) is 5.75 Å². The average molecular weight is 410 g/mol. The van der Waals surface area contributed by atoms with Crippen LogP contribution in [-0.2, 0) is 11.3 Å². The molecule has 0 aliphatic rings. The van der Waals surface area contributed by atoms with Gasteiger partial charge in [0.2, 0.25) is 0 Å². The fourth-order valence-electron chi connectivity index (χ4n) is 2.72. The Morgan fingerprint density at radius 3 is 2.62 bits per heavy atom. The molecule has 3 aromatic rings. The minimum Gasteiger partial charge on any atom is -0.495 e. The molecule has 150 valence electrons. The van der Waals surface area contributed by atoms with E-state index < -0.39 is 5.97 Å². The molecule has 3 rings (SSSR count). The number of benzene rings is 2. The number of nitrogens with one attached hydrogen (secondary N) is 2. The summed E-state index contributed by atoms with van der Waals surface area (Å²) in [6, 6.07) is 15.9. The van der Waals surface area contributed by atoms with Gasteiger partial charge < -0.3 is 20.1 Å². The van der Waals surface area contributed by atoms with Crippen molar-refractivity contribution in [3.63, 3.8) is 0 Å². The smallest absolute Gasteiger partial charge is 0.338 e. The molecule has 0 aliphatic carbocycles. The van der Waals surface area contributed by atoms with Gasteiger partial charge in [-0.15, -0.1) is 11.3 Å². The van der Waals surface area contributed by atoms with Gasteiger partial charge in [-0.1, -0.05) is 12.1 Å². The summed E-state index contributed by atoms with van der Waals surface area (Å²) in [4.78, 5) is 25.8. The minimum atomic E-state index is -0.423. The molecule has 0 saturated heterocycles. The summed E-state index contributed by atoms with van der Waals surface area (Å²) in [6.07, 6.45) is 0. The third-order valence-electron chi connectivity index (χ3n) is 4.13. The number of ether oxygens (including phenoxy) is 2. The highest BCUT2D eigenvalue weighted by molar-refractivity contribution is 7.09. The zero-order chi connectivity index (χ0) is 20.6. The van der Waals surface area contributed by atoms with Crippen LogP contribution >= 0.6 is 11.3 Å². The summed E-state index contributed by atoms with van der Waals surface area (Å²) in [5.74, 6) is -0.0524. The number of anilines is 2. The van der Waals surface area contributed by atoms with Gasteiger partial charge in [0.1, 0.15) is 5.75 Å². The lowest BCUT2D eigenvalue weighted by Gasteiger charge is -2.13. The average Bonchev–Trinajstić information content (AvgIpc) is 3.26. The van der Waals surface area contributed by atoms with Gasteiger partial charge in [-0.25, -0.2) is 4.79 Å². The Bertz CT molecular complexity index is 986. The molecule has 0 unspecified atom stereocenters. The van der Waals surface area contributed by atoms with Gasteiger partial charge in [-0.05, 0) is 54.8 Å². The highest BCUT2D eigenvalue weighted by Gasteiger charge is 2.12. The van der Waals surface area contributed by atoms with Crippen LogP contribution < -0.4 is 15.4 Å². The first-order valence-corrected chi connectivity index (χ1v) is 10.0. The predicted octanol–water partition coefficient (Wildman–Crippen LogP) is 4.80. The molecule has 7 heteroatoms. The second-order valence-corrected chi connectivity index (χ2v) is 7.14. The molecule has 2 N–H and O–H groups in total. The first-order chi connectivity index (χ1) is 14.1. The molecule has 0 radical (unpaired) electrons. The third-order valence-corrected chi connectivity index (χ3v) is 5.00. The van der Waals surface area contributed by atoms with Crippen molar-refractivity contribution in [2.75, 3.05) is 24.4 Å². The number of methoxy groups -OCH3 is 1. The number of carbonyl (C=O) groups is 2. The summed E-state index contributed by atoms with van der Waals surface area (Å²) in [5, 5.41) is 8.14. The Morgan fingerprint density at radius 2 is 1.90 bits per heavy atom. The molecule has 29 heavy (non-hydrogen) atoms. The van der Waals surface area contributed by atoms with Crippen molar-refractivity contribution in [1.82, 2.24) is 0 Å². The number of thiophene rings is 1. The van der Waals surface area contributed by atoms with Crippen molar-refractivity contribution in [1.29, 1.82) is 0 Å². The number of amides is 1. The van der Waals surface area contributed by atoms with E-state index in [1.54, 1.807) is 67.8 Å². The SMILES string of the molecule is CCOC(=O)c1cccc(NC(=O)c2ccc(OC)c(NCc3cccs3)c2)c1. The van der Waals surface area contributed by atoms with Crippen molar-refractivity contribution >= 4 is 34.6 Å². The Balaban J connectivity index is 1.74. The van der Waals surface area contributed by atoms with E-state index in [0.29, 0.717) is 35.7 Å². The number of hydrogen-bond acceptors (Lipinski definition) is 6. The maximum atomic E-state index is 12.7. The van der Waals surface area contributed by atoms with E-state index in [1.807, 2.05) is 17.5 Å². The van der Waals surface area contributed by atoms with E-state index in [-0.39, 0.29) is 5.91 Å². The van der Waals surface area contributed by atoms with Gasteiger partial charge >= 0.3 is 5.97 Å². The molecular weight excluding hydrogens is 388 g/mol. The number of hydrogen-bond donors (Lipinski definition) is 2. The standard InChI is InChI=1S/C22H22N2O4S/c1-3-28-22(26)16-6-4-7-17(12-16)24-21(25)15-9-10-20(27-2)19(13-15)23-14-18-8-5-11-29-18/h4-13,23H,3,14H2,1-2H3,(H,24,25). The van der Waals surface area contributed by atoms with Gasteiger partial charge in [0.05, 0.1) is 25.0 Å². The Morgan fingerprint density at radius 1 is 1.03 bits per heavy atom. The maximum Gasteiger partial charge on any atom is 0.338 e. The van der Waals surface area contributed by atoms with Crippen LogP contribution in [0.25, 0.3) is 0 Å². The van der Waals surface area contributed by atoms with Crippen LogP contribution in [0.3, 0.4) is 0 Å². The first-order valence-electron chi connectivity index (χ1n) is 9.13. The number of rotatable bonds is 8. The molecule has 1 heterocycles. The molecule has 0 bridgehead atoms. The summed E-state index contributed by atoms with van der Waals surface area (Å²) in [5.41, 5.74) is 2.11. The van der Waals surface area contributed by atoms with E-state index in [2.05, 4.69) is 10.6 Å². The van der Waals surface area contributed by atoms with Gasteiger partial charge in [0, 0.05) is 22.7 Å². The van der Waals surface area contributed by atoms with Crippen LogP contribution in [0.4, 0.5) is 11.4 Å². The summed E-state index contributed by atoms with van der Waals surface area (Å²) in [7, 11) is 1.59. The lowest BCUT2D eigenvalue weighted by atomic mass is 10.1. The van der Waals surface area contributed by atoms with Crippen LogP contribution in [0.2, 0.25) is 0 Å². The Hall–Kier alpha value is -3.32. The quantitative estimate of drug-likeness (QED) is 0.522. The minimum absolute atomic E-state index is 0.284. The lowest BCUT2D eigenvalue weighted by molar-refractivity contribution is 0.0526. The third kappa shape index (κ3) is 5.36. The van der Waals surface area contributed by atoms with Crippen LogP contribution in [0.1, 0.15) is 32.5 Å². The molecule has 0 atom stereocenters. The van der Waals surface area contributed by atoms with Crippen LogP contribution in [0, 0.1) is 0 Å². The fraction of sp³-hybridized carbons (Fsp3) is 0.182. The monoisotopic (exact) mass is 410 g/mol. The molecular formula is C22H22N2O4S. The van der Waals surface area contributed by atoms with E-state index in [4.69, 9.17) is 9.47 Å². The second kappa shape index (κ2) is 9.75. The zero-order valence-corrected chi connectivity index (χ0v) is 17.0. The topological polar surface area (TPSA) is 76.7 Å². The predicted molar refractivity (Wildman–Crippen MR) is 115 cm³/mol. The van der Waals surface area contributed by atoms with Crippen molar-refractivity contribution in [2.45, 2.75) is 13.5 Å². The van der Waals surface area contributed by atoms with E-state index >= 15 is 0 Å². The number of esters is 1. The van der Waals surface area contributed by atoms with Crippen LogP contribution in [0.15, 0.2) is 60.0 Å². The first kappa shape index (κ1) is 20.4. The van der Waals surface area contributed by atoms with Crippen molar-refractivity contribution in [3.8, 4) is 5.75 Å². The highest BCUT2D eigenvalue weighted by Crippen LogP contribution is 2.27. The van der Waals surface area contributed by atoms with Crippen molar-refractivity contribution in [2.24, 2.45) is 0 Å². The Kier molecular flexibility index (Phi) is 6.86. The van der Waals surface area contributed by atoms with Gasteiger partial charge in [-0.3, -0.25) is 4.79 Å². The van der Waals surface area contributed by atoms with Gasteiger partial charge in [0.15, 0.2) is 0 Å². The van der Waals surface area contributed by atoms with E-state index in [9.17, 15) is 9.59 Å². The lowest BCUT2D eigenvalue weighted by Crippen LogP contribution is -2.13. The molecule has 1 amide bonds. The second-order valence-electron chi connectivity index (χ2n) is 6.10. The molecule has 1 aromatic heterocycles. The largest absolute Gasteiger partial charge is 0.495 e. The molecule has 2 aromatic carbocycles. The van der Waals surface area contributed by atoms with Crippen LogP contribution in [-0.4, -0.2) is 25.6 Å². The van der Waals surface area contributed by atoms with E-state index in [0.717, 1.165) is 5.69 Å². The zero-order valence-electron chi connectivity index (χ0n) is 16.2. The van der Waals surface area contributed by atoms with E-state index in [1.165, 1.54) is 4.88 Å². The molecule has 0 saturated carbocycles.